The fourth-order valence-corrected chi connectivity index (χ4v) is 4.65. The van der Waals surface area contributed by atoms with Crippen LogP contribution >= 0.6 is 0 Å². The fourth-order valence-electron chi connectivity index (χ4n) is 4.65. The van der Waals surface area contributed by atoms with Crippen LogP contribution in [0.15, 0.2) is 11.1 Å². The van der Waals surface area contributed by atoms with Crippen molar-refractivity contribution in [1.29, 1.82) is 0 Å². The van der Waals surface area contributed by atoms with Gasteiger partial charge in [-0.1, -0.05) is 12.8 Å². The SMILES string of the molecule is CCN1C(=O)/C2=C3\CO[C@@](OC)([C@@H](O)CCCC[C@]21C(C)O)[C@H]3O. The van der Waals surface area contributed by atoms with Gasteiger partial charge < -0.3 is 29.7 Å². The van der Waals surface area contributed by atoms with E-state index in [4.69, 9.17) is 9.47 Å². The minimum absolute atomic E-state index is 0.0131. The number of ether oxygens (including phenoxy) is 2. The van der Waals surface area contributed by atoms with Crippen molar-refractivity contribution in [2.45, 2.75) is 69.2 Å². The molecule has 0 aromatic carbocycles. The van der Waals surface area contributed by atoms with E-state index < -0.39 is 29.6 Å². The van der Waals surface area contributed by atoms with E-state index in [1.807, 2.05) is 6.92 Å². The molecule has 0 saturated carbocycles. The normalized spacial score (nSPS) is 44.1. The third kappa shape index (κ3) is 2.05. The number of nitrogens with zero attached hydrogens (tertiary/aromatic N) is 1. The van der Waals surface area contributed by atoms with E-state index in [0.717, 1.165) is 6.42 Å². The van der Waals surface area contributed by atoms with E-state index in [1.54, 1.807) is 11.8 Å². The van der Waals surface area contributed by atoms with Crippen molar-refractivity contribution in [3.8, 4) is 0 Å². The van der Waals surface area contributed by atoms with Crippen molar-refractivity contribution in [1.82, 2.24) is 4.90 Å². The number of carbonyl (C=O) groups excluding carboxylic acids is 1. The van der Waals surface area contributed by atoms with Gasteiger partial charge in [0.1, 0.15) is 12.2 Å². The summed E-state index contributed by atoms with van der Waals surface area (Å²) in [5, 5.41) is 31.8. The van der Waals surface area contributed by atoms with Crippen LogP contribution in [-0.2, 0) is 14.3 Å². The first-order chi connectivity index (χ1) is 11.4. The molecule has 7 nitrogen and oxygen atoms in total. The van der Waals surface area contributed by atoms with Gasteiger partial charge in [-0.05, 0) is 26.7 Å². The largest absolute Gasteiger partial charge is 0.391 e. The van der Waals surface area contributed by atoms with Crippen molar-refractivity contribution in [3.63, 3.8) is 0 Å². The second kappa shape index (κ2) is 6.07. The number of carbonyl (C=O) groups is 1. The molecule has 3 rings (SSSR count). The van der Waals surface area contributed by atoms with Crippen molar-refractivity contribution in [3.05, 3.63) is 11.1 Å². The zero-order chi connectivity index (χ0) is 17.7. The highest BCUT2D eigenvalue weighted by Crippen LogP contribution is 2.50. The van der Waals surface area contributed by atoms with Crippen LogP contribution in [0.25, 0.3) is 0 Å². The Balaban J connectivity index is 2.16. The molecular formula is C17H27NO6. The predicted molar refractivity (Wildman–Crippen MR) is 85.0 cm³/mol. The minimum Gasteiger partial charge on any atom is -0.391 e. The number of methoxy groups -OCH3 is 1. The summed E-state index contributed by atoms with van der Waals surface area (Å²) in [6, 6.07) is 0. The maximum Gasteiger partial charge on any atom is 0.253 e. The summed E-state index contributed by atoms with van der Waals surface area (Å²) >= 11 is 0. The highest BCUT2D eigenvalue weighted by molar-refractivity contribution is 6.05. The Morgan fingerprint density at radius 3 is 2.71 bits per heavy atom. The third-order valence-corrected chi connectivity index (χ3v) is 5.94. The number of likely N-dealkylation sites (N-methyl/N-ethyl adjacent to an activating group) is 1. The Hall–Kier alpha value is -0.990. The van der Waals surface area contributed by atoms with Crippen molar-refractivity contribution < 1.29 is 29.6 Å². The summed E-state index contributed by atoms with van der Waals surface area (Å²) in [5.41, 5.74) is 0.0609. The summed E-state index contributed by atoms with van der Waals surface area (Å²) in [6.07, 6.45) is -0.513. The van der Waals surface area contributed by atoms with Crippen molar-refractivity contribution in [2.24, 2.45) is 0 Å². The highest BCUT2D eigenvalue weighted by atomic mass is 16.7. The van der Waals surface area contributed by atoms with Gasteiger partial charge >= 0.3 is 0 Å². The second-order valence-corrected chi connectivity index (χ2v) is 6.93. The van der Waals surface area contributed by atoms with Gasteiger partial charge in [0.05, 0.1) is 18.2 Å². The van der Waals surface area contributed by atoms with Gasteiger partial charge in [0.2, 0.25) is 5.79 Å². The molecule has 3 N–H and O–H groups in total. The molecule has 0 spiro atoms. The second-order valence-electron chi connectivity index (χ2n) is 6.93. The highest BCUT2D eigenvalue weighted by Gasteiger charge is 2.63. The molecule has 1 unspecified atom stereocenters. The minimum atomic E-state index is -1.54. The first kappa shape index (κ1) is 17.8. The summed E-state index contributed by atoms with van der Waals surface area (Å²) in [7, 11) is 1.38. The topological polar surface area (TPSA) is 99.5 Å². The molecule has 2 fully saturated rings. The number of rotatable bonds is 3. The molecule has 1 aliphatic carbocycles. The molecule has 2 bridgehead atoms. The van der Waals surface area contributed by atoms with Gasteiger partial charge in [-0.25, -0.2) is 0 Å². The Morgan fingerprint density at radius 2 is 2.12 bits per heavy atom. The molecule has 3 aliphatic rings. The zero-order valence-corrected chi connectivity index (χ0v) is 14.5. The maximum absolute atomic E-state index is 12.7. The molecule has 0 aromatic heterocycles. The van der Waals surface area contributed by atoms with Crippen LogP contribution in [0.5, 0.6) is 0 Å². The molecule has 24 heavy (non-hydrogen) atoms. The van der Waals surface area contributed by atoms with E-state index >= 15 is 0 Å². The number of aliphatic hydroxyl groups excluding tert-OH is 3. The number of amides is 1. The van der Waals surface area contributed by atoms with Crippen LogP contribution in [0.3, 0.4) is 0 Å². The van der Waals surface area contributed by atoms with Gasteiger partial charge in [-0.3, -0.25) is 4.79 Å². The van der Waals surface area contributed by atoms with Crippen LogP contribution in [0, 0.1) is 0 Å². The summed E-state index contributed by atoms with van der Waals surface area (Å²) in [5.74, 6) is -1.73. The Labute approximate surface area is 141 Å². The summed E-state index contributed by atoms with van der Waals surface area (Å²) < 4.78 is 11.0. The van der Waals surface area contributed by atoms with Crippen LogP contribution in [0.4, 0.5) is 0 Å². The van der Waals surface area contributed by atoms with E-state index in [2.05, 4.69) is 0 Å². The van der Waals surface area contributed by atoms with E-state index in [0.29, 0.717) is 37.0 Å². The summed E-state index contributed by atoms with van der Waals surface area (Å²) in [6.45, 7) is 4.07. The molecular weight excluding hydrogens is 314 g/mol. The van der Waals surface area contributed by atoms with Crippen LogP contribution in [-0.4, -0.2) is 76.0 Å². The Kier molecular flexibility index (Phi) is 4.51. The average molecular weight is 341 g/mol. The van der Waals surface area contributed by atoms with Crippen molar-refractivity contribution in [2.75, 3.05) is 20.3 Å². The molecule has 136 valence electrons. The number of likely N-dealkylation sites (tertiary alicyclic amines) is 1. The molecule has 2 aliphatic heterocycles. The van der Waals surface area contributed by atoms with Gasteiger partial charge in [-0.2, -0.15) is 0 Å². The average Bonchev–Trinajstić information content (AvgIpc) is 2.86. The zero-order valence-electron chi connectivity index (χ0n) is 14.5. The number of hydrogen-bond donors (Lipinski definition) is 3. The lowest BCUT2D eigenvalue weighted by Gasteiger charge is -2.56. The quantitative estimate of drug-likeness (QED) is 0.622. The Bertz CT molecular complexity index is 561. The third-order valence-electron chi connectivity index (χ3n) is 5.94. The predicted octanol–water partition coefficient (Wildman–Crippen LogP) is -0.0666. The summed E-state index contributed by atoms with van der Waals surface area (Å²) in [4.78, 5) is 14.4. The lowest BCUT2D eigenvalue weighted by Crippen LogP contribution is -2.71. The van der Waals surface area contributed by atoms with Gasteiger partial charge in [0, 0.05) is 24.8 Å². The Morgan fingerprint density at radius 1 is 1.42 bits per heavy atom. The molecule has 0 radical (unpaired) electrons. The van der Waals surface area contributed by atoms with E-state index in [9.17, 15) is 20.1 Å². The van der Waals surface area contributed by atoms with Gasteiger partial charge in [-0.15, -0.1) is 0 Å². The lowest BCUT2D eigenvalue weighted by atomic mass is 9.67. The van der Waals surface area contributed by atoms with Crippen LogP contribution in [0.1, 0.15) is 39.5 Å². The number of hydrogen-bond acceptors (Lipinski definition) is 6. The van der Waals surface area contributed by atoms with E-state index in [1.165, 1.54) is 7.11 Å². The molecule has 5 atom stereocenters. The number of fused-ring (bicyclic) bond motifs is 3. The fraction of sp³-hybridized carbons (Fsp3) is 0.824. The van der Waals surface area contributed by atoms with Gasteiger partial charge in [0.25, 0.3) is 5.91 Å². The van der Waals surface area contributed by atoms with Crippen LogP contribution in [0.2, 0.25) is 0 Å². The first-order valence-electron chi connectivity index (χ1n) is 8.65. The lowest BCUT2D eigenvalue weighted by molar-refractivity contribution is -0.279. The molecule has 7 heteroatoms. The molecule has 0 aromatic rings. The number of β-lactam (4-membered cyclic amide) rings is 1. The van der Waals surface area contributed by atoms with Crippen molar-refractivity contribution >= 4 is 5.91 Å². The van der Waals surface area contributed by atoms with E-state index in [-0.39, 0.29) is 12.5 Å². The van der Waals surface area contributed by atoms with Gasteiger partial charge in [0.15, 0.2) is 0 Å². The number of aliphatic hydroxyl groups is 3. The maximum atomic E-state index is 12.7. The smallest absolute Gasteiger partial charge is 0.253 e. The molecule has 1 amide bonds. The van der Waals surface area contributed by atoms with Crippen LogP contribution < -0.4 is 0 Å². The molecule has 2 heterocycles. The standard InChI is InChI=1S/C17H27NO6/c1-4-18-15(22)13-11-9-24-17(23-3,14(11)21)12(20)7-5-6-8-16(13,18)10(2)19/h10,12,14,19-21H,4-9H2,1-3H3/b13-11-/t10?,12-,14-,16-,17-/m0/s1. The monoisotopic (exact) mass is 341 g/mol. The molecule has 2 saturated heterocycles. The first-order valence-corrected chi connectivity index (χ1v) is 8.65.